The molecule has 0 aliphatic heterocycles. The fourth-order valence-electron chi connectivity index (χ4n) is 4.77. The number of rotatable bonds is 7. The summed E-state index contributed by atoms with van der Waals surface area (Å²) in [5, 5.41) is 11.8. The van der Waals surface area contributed by atoms with Crippen LogP contribution in [-0.2, 0) is 17.6 Å². The van der Waals surface area contributed by atoms with Crippen molar-refractivity contribution < 1.29 is 14.8 Å². The number of hydrogen-bond donors (Lipinski definition) is 3. The van der Waals surface area contributed by atoms with Crippen LogP contribution in [0.15, 0.2) is 72.3 Å². The molecule has 2 heterocycles. The summed E-state index contributed by atoms with van der Waals surface area (Å²) in [6, 6.07) is 18.1. The minimum atomic E-state index is -0.566. The summed E-state index contributed by atoms with van der Waals surface area (Å²) in [5.74, 6) is -0.500. The normalized spacial score (nSPS) is 15.0. The van der Waals surface area contributed by atoms with Crippen molar-refractivity contribution in [2.75, 3.05) is 6.54 Å². The largest absolute Gasteiger partial charge is 0.361 e. The Balaban J connectivity index is 1.42. The Bertz CT molecular complexity index is 1360. The summed E-state index contributed by atoms with van der Waals surface area (Å²) in [6.45, 7) is 0.626. The number of para-hydroxylation sites is 1. The highest BCUT2D eigenvalue weighted by Gasteiger charge is 2.32. The molecule has 0 saturated heterocycles. The molecule has 1 atom stereocenters. The molecule has 7 heteroatoms. The molecular weight excluding hydrogens is 446 g/mol. The fourth-order valence-corrected chi connectivity index (χ4v) is 5.45. The monoisotopic (exact) mass is 471 g/mol. The van der Waals surface area contributed by atoms with E-state index in [0.29, 0.717) is 6.54 Å². The Hall–Kier alpha value is -3.68. The zero-order valence-corrected chi connectivity index (χ0v) is 19.3. The van der Waals surface area contributed by atoms with Crippen molar-refractivity contribution in [3.8, 4) is 0 Å². The number of nitrogens with zero attached hydrogens (tertiary/aromatic N) is 1. The van der Waals surface area contributed by atoms with Gasteiger partial charge in [0, 0.05) is 29.7 Å². The number of amides is 2. The van der Waals surface area contributed by atoms with Gasteiger partial charge < -0.3 is 9.88 Å². The summed E-state index contributed by atoms with van der Waals surface area (Å²) in [6.07, 6.45) is 7.51. The van der Waals surface area contributed by atoms with E-state index in [-0.39, 0.29) is 11.9 Å². The lowest BCUT2D eigenvalue weighted by atomic mass is 10.0. The first-order valence-electron chi connectivity index (χ1n) is 11.3. The number of benzene rings is 2. The number of carbonyl (C=O) groups excluding carboxylic acids is 2. The Morgan fingerprint density at radius 3 is 2.88 bits per heavy atom. The molecule has 2 amide bonds. The molecule has 172 valence electrons. The van der Waals surface area contributed by atoms with E-state index in [2.05, 4.69) is 29.2 Å². The first kappa shape index (κ1) is 22.1. The van der Waals surface area contributed by atoms with Crippen LogP contribution in [0, 0.1) is 0 Å². The Labute approximate surface area is 201 Å². The predicted octanol–water partition coefficient (Wildman–Crippen LogP) is 5.12. The third-order valence-electron chi connectivity index (χ3n) is 6.42. The van der Waals surface area contributed by atoms with Crippen molar-refractivity contribution >= 4 is 40.1 Å². The van der Waals surface area contributed by atoms with E-state index in [9.17, 15) is 9.59 Å². The average molecular weight is 472 g/mol. The first-order valence-corrected chi connectivity index (χ1v) is 12.2. The molecule has 0 bridgehead atoms. The molecule has 2 aromatic heterocycles. The minimum absolute atomic E-state index is 0.00794. The van der Waals surface area contributed by atoms with E-state index in [1.165, 1.54) is 33.9 Å². The van der Waals surface area contributed by atoms with Crippen LogP contribution in [0.1, 0.15) is 44.4 Å². The van der Waals surface area contributed by atoms with Crippen LogP contribution in [0.5, 0.6) is 0 Å². The molecule has 2 aromatic carbocycles. The summed E-state index contributed by atoms with van der Waals surface area (Å²) in [7, 11) is 0. The van der Waals surface area contributed by atoms with Gasteiger partial charge in [0.05, 0.1) is 10.9 Å². The number of fused-ring (bicyclic) bond motifs is 2. The molecule has 1 aliphatic carbocycles. The molecule has 6 nitrogen and oxygen atoms in total. The average Bonchev–Trinajstić information content (AvgIpc) is 3.63. The lowest BCUT2D eigenvalue weighted by molar-refractivity contribution is -0.124. The van der Waals surface area contributed by atoms with E-state index in [1.807, 2.05) is 46.8 Å². The topological polar surface area (TPSA) is 85.4 Å². The molecule has 0 saturated carbocycles. The van der Waals surface area contributed by atoms with E-state index >= 15 is 0 Å². The maximum Gasteiger partial charge on any atom is 0.267 e. The predicted molar refractivity (Wildman–Crippen MR) is 134 cm³/mol. The Morgan fingerprint density at radius 1 is 1.18 bits per heavy atom. The van der Waals surface area contributed by atoms with Crippen molar-refractivity contribution in [3.05, 3.63) is 99.4 Å². The number of hydroxylamine groups is 1. The van der Waals surface area contributed by atoms with Crippen molar-refractivity contribution in [1.29, 1.82) is 0 Å². The second-order valence-electron chi connectivity index (χ2n) is 8.41. The second kappa shape index (κ2) is 9.67. The number of hydrogen-bond acceptors (Lipinski definition) is 4. The maximum atomic E-state index is 13.6. The van der Waals surface area contributed by atoms with Crippen LogP contribution in [0.2, 0.25) is 0 Å². The number of aromatic amines is 1. The van der Waals surface area contributed by atoms with Gasteiger partial charge in [-0.2, -0.15) is 0 Å². The highest BCUT2D eigenvalue weighted by atomic mass is 32.1. The van der Waals surface area contributed by atoms with Gasteiger partial charge in [0.25, 0.3) is 11.8 Å². The standard InChI is InChI=1S/C27H25N3O3S/c31-26(29-33)12-8-18-7-10-22-19(16-18)9-11-24(22)30(27(32)25-6-3-15-34-25)14-13-20-17-28-23-5-2-1-4-21(20)23/h1-8,10,12,15-17,24,28,33H,9,11,13-14H2,(H,29,31)/b12-8+. The zero-order chi connectivity index (χ0) is 23.5. The molecular formula is C27H25N3O3S. The van der Waals surface area contributed by atoms with Gasteiger partial charge in [0.2, 0.25) is 0 Å². The summed E-state index contributed by atoms with van der Waals surface area (Å²) in [5.41, 5.74) is 7.15. The van der Waals surface area contributed by atoms with E-state index in [1.54, 1.807) is 11.6 Å². The van der Waals surface area contributed by atoms with Crippen molar-refractivity contribution in [2.24, 2.45) is 0 Å². The number of carbonyl (C=O) groups is 2. The van der Waals surface area contributed by atoms with Gasteiger partial charge in [-0.05, 0) is 65.1 Å². The molecule has 0 radical (unpaired) electrons. The minimum Gasteiger partial charge on any atom is -0.361 e. The van der Waals surface area contributed by atoms with E-state index in [0.717, 1.165) is 40.8 Å². The van der Waals surface area contributed by atoms with Crippen LogP contribution in [0.25, 0.3) is 17.0 Å². The summed E-state index contributed by atoms with van der Waals surface area (Å²) >= 11 is 1.47. The molecule has 34 heavy (non-hydrogen) atoms. The van der Waals surface area contributed by atoms with Crippen LogP contribution in [-0.4, -0.2) is 33.5 Å². The van der Waals surface area contributed by atoms with Gasteiger partial charge in [0.15, 0.2) is 0 Å². The quantitative estimate of drug-likeness (QED) is 0.199. The molecule has 3 N–H and O–H groups in total. The van der Waals surface area contributed by atoms with Crippen LogP contribution in [0.4, 0.5) is 0 Å². The second-order valence-corrected chi connectivity index (χ2v) is 9.36. The fraction of sp³-hybridized carbons (Fsp3) is 0.185. The van der Waals surface area contributed by atoms with Crippen molar-refractivity contribution in [1.82, 2.24) is 15.4 Å². The van der Waals surface area contributed by atoms with Crippen LogP contribution >= 0.6 is 11.3 Å². The maximum absolute atomic E-state index is 13.6. The van der Waals surface area contributed by atoms with Gasteiger partial charge in [-0.3, -0.25) is 14.8 Å². The lowest BCUT2D eigenvalue weighted by Crippen LogP contribution is -2.35. The van der Waals surface area contributed by atoms with Gasteiger partial charge in [-0.25, -0.2) is 5.48 Å². The Kier molecular flexibility index (Phi) is 6.29. The number of aryl methyl sites for hydroxylation is 1. The zero-order valence-electron chi connectivity index (χ0n) is 18.5. The third kappa shape index (κ3) is 4.40. The number of aromatic nitrogens is 1. The van der Waals surface area contributed by atoms with Gasteiger partial charge in [0.1, 0.15) is 0 Å². The molecule has 0 spiro atoms. The molecule has 1 aliphatic rings. The number of nitrogens with one attached hydrogen (secondary N) is 2. The highest BCUT2D eigenvalue weighted by molar-refractivity contribution is 7.12. The van der Waals surface area contributed by atoms with Crippen molar-refractivity contribution in [2.45, 2.75) is 25.3 Å². The molecule has 0 fully saturated rings. The van der Waals surface area contributed by atoms with Crippen LogP contribution < -0.4 is 5.48 Å². The van der Waals surface area contributed by atoms with E-state index < -0.39 is 5.91 Å². The number of H-pyrrole nitrogens is 1. The van der Waals surface area contributed by atoms with Gasteiger partial charge in [-0.15, -0.1) is 11.3 Å². The Morgan fingerprint density at radius 2 is 2.06 bits per heavy atom. The smallest absolute Gasteiger partial charge is 0.267 e. The highest BCUT2D eigenvalue weighted by Crippen LogP contribution is 2.38. The lowest BCUT2D eigenvalue weighted by Gasteiger charge is -2.29. The first-order chi connectivity index (χ1) is 16.6. The van der Waals surface area contributed by atoms with Crippen molar-refractivity contribution in [3.63, 3.8) is 0 Å². The molecule has 4 aromatic rings. The third-order valence-corrected chi connectivity index (χ3v) is 7.27. The van der Waals surface area contributed by atoms with Gasteiger partial charge in [-0.1, -0.05) is 42.5 Å². The number of thiophene rings is 1. The molecule has 5 rings (SSSR count). The van der Waals surface area contributed by atoms with Gasteiger partial charge >= 0.3 is 0 Å². The SMILES string of the molecule is O=C(/C=C/c1ccc2c(c1)CCC2N(CCc1c[nH]c2ccccc12)C(=O)c1cccs1)NO. The van der Waals surface area contributed by atoms with Crippen LogP contribution in [0.3, 0.4) is 0 Å². The summed E-state index contributed by atoms with van der Waals surface area (Å²) in [4.78, 5) is 31.0. The summed E-state index contributed by atoms with van der Waals surface area (Å²) < 4.78 is 0. The van der Waals surface area contributed by atoms with E-state index in [4.69, 9.17) is 5.21 Å². The molecule has 1 unspecified atom stereocenters.